The Balaban J connectivity index is 1.55. The highest BCUT2D eigenvalue weighted by molar-refractivity contribution is 7.98. The molecule has 1 amide bonds. The number of nitrogens with zero attached hydrogens (tertiary/aromatic N) is 3. The van der Waals surface area contributed by atoms with Gasteiger partial charge in [0.15, 0.2) is 0 Å². The molecule has 6 nitrogen and oxygen atoms in total. The van der Waals surface area contributed by atoms with Crippen LogP contribution in [-0.4, -0.2) is 52.9 Å². The van der Waals surface area contributed by atoms with Gasteiger partial charge in [0.05, 0.1) is 24.0 Å². The number of ether oxygens (including phenoxy) is 1. The number of nitrogens with one attached hydrogen (secondary N) is 1. The summed E-state index contributed by atoms with van der Waals surface area (Å²) in [6.07, 6.45) is 7.43. The third-order valence-corrected chi connectivity index (χ3v) is 7.69. The molecule has 2 aromatic heterocycles. The summed E-state index contributed by atoms with van der Waals surface area (Å²) in [6, 6.07) is 10.8. The topological polar surface area (TPSA) is 58.9 Å². The lowest BCUT2D eigenvalue weighted by Crippen LogP contribution is -2.37. The predicted octanol–water partition coefficient (Wildman–Crippen LogP) is 5.55. The minimum Gasteiger partial charge on any atom is -0.496 e. The summed E-state index contributed by atoms with van der Waals surface area (Å²) in [5.41, 5.74) is 6.55. The van der Waals surface area contributed by atoms with E-state index < -0.39 is 0 Å². The van der Waals surface area contributed by atoms with Crippen molar-refractivity contribution in [2.24, 2.45) is 5.92 Å². The molecule has 0 spiro atoms. The number of benzene rings is 1. The van der Waals surface area contributed by atoms with Gasteiger partial charge in [0, 0.05) is 31.1 Å². The largest absolute Gasteiger partial charge is 0.496 e. The Hall–Kier alpha value is -2.67. The molecule has 1 saturated carbocycles. The van der Waals surface area contributed by atoms with Crippen LogP contribution >= 0.6 is 11.8 Å². The van der Waals surface area contributed by atoms with Crippen LogP contribution in [0.3, 0.4) is 0 Å². The van der Waals surface area contributed by atoms with Gasteiger partial charge in [-0.2, -0.15) is 5.10 Å². The molecule has 34 heavy (non-hydrogen) atoms. The first kappa shape index (κ1) is 23.1. The Labute approximate surface area is 206 Å². The van der Waals surface area contributed by atoms with E-state index in [0.717, 1.165) is 65.1 Å². The number of pyridine rings is 1. The van der Waals surface area contributed by atoms with Crippen LogP contribution in [0, 0.1) is 19.8 Å². The van der Waals surface area contributed by atoms with Crippen LogP contribution in [0.25, 0.3) is 16.8 Å². The fourth-order valence-electron chi connectivity index (χ4n) is 5.24. The van der Waals surface area contributed by atoms with Crippen molar-refractivity contribution in [3.63, 3.8) is 0 Å². The maximum absolute atomic E-state index is 12.3. The van der Waals surface area contributed by atoms with Gasteiger partial charge in [0.25, 0.3) is 0 Å². The normalized spacial score (nSPS) is 16.9. The third-order valence-electron chi connectivity index (χ3n) is 7.01. The summed E-state index contributed by atoms with van der Waals surface area (Å²) in [6.45, 7) is 5.86. The Kier molecular flexibility index (Phi) is 6.47. The number of rotatable bonds is 9. The fraction of sp³-hybridized carbons (Fsp3) is 0.481. The molecule has 1 atom stereocenters. The number of hydrogen-bond donors (Lipinski definition) is 1. The summed E-state index contributed by atoms with van der Waals surface area (Å²) in [5.74, 6) is 1.92. The zero-order valence-corrected chi connectivity index (χ0v) is 21.4. The lowest BCUT2D eigenvalue weighted by Gasteiger charge is -2.25. The molecule has 180 valence electrons. The Morgan fingerprint density at radius 1 is 1.26 bits per heavy atom. The van der Waals surface area contributed by atoms with Gasteiger partial charge in [-0.3, -0.25) is 4.79 Å². The van der Waals surface area contributed by atoms with Crippen LogP contribution in [0.15, 0.2) is 35.4 Å². The van der Waals surface area contributed by atoms with E-state index in [9.17, 15) is 4.79 Å². The third kappa shape index (κ3) is 4.50. The van der Waals surface area contributed by atoms with E-state index in [2.05, 4.69) is 55.8 Å². The molecule has 1 aromatic carbocycles. The van der Waals surface area contributed by atoms with Gasteiger partial charge in [0.2, 0.25) is 5.91 Å². The standard InChI is InChI=1S/C27H34N4O2S/c1-17-13-18(2)25(23(14-17)33-3)21-7-5-8-22-26(27(34-4)29-31(21)22)28-20(15-19-10-11-19)16-30-12-6-9-24(30)32/h5,7-8,13-14,19-20,28H,6,9-12,15-16H2,1-4H3. The highest BCUT2D eigenvalue weighted by Gasteiger charge is 2.30. The number of amides is 1. The molecule has 1 unspecified atom stereocenters. The number of methoxy groups -OCH3 is 1. The quantitative estimate of drug-likeness (QED) is 0.409. The lowest BCUT2D eigenvalue weighted by atomic mass is 10.0. The molecule has 3 aromatic rings. The molecule has 2 fully saturated rings. The molecule has 0 radical (unpaired) electrons. The number of aryl methyl sites for hydroxylation is 2. The van der Waals surface area contributed by atoms with Crippen LogP contribution in [0.4, 0.5) is 5.69 Å². The zero-order chi connectivity index (χ0) is 23.8. The van der Waals surface area contributed by atoms with Gasteiger partial charge < -0.3 is 15.0 Å². The second-order valence-electron chi connectivity index (χ2n) is 9.72. The van der Waals surface area contributed by atoms with Gasteiger partial charge in [-0.1, -0.05) is 25.0 Å². The van der Waals surface area contributed by atoms with E-state index in [4.69, 9.17) is 9.84 Å². The van der Waals surface area contributed by atoms with Gasteiger partial charge in [-0.05, 0) is 68.2 Å². The maximum atomic E-state index is 12.3. The van der Waals surface area contributed by atoms with Gasteiger partial charge in [-0.15, -0.1) is 11.8 Å². The van der Waals surface area contributed by atoms with Crippen molar-refractivity contribution in [2.45, 2.75) is 57.0 Å². The van der Waals surface area contributed by atoms with Crippen molar-refractivity contribution in [3.8, 4) is 17.0 Å². The number of carbonyl (C=O) groups excluding carboxylic acids is 1. The molecule has 1 aliphatic carbocycles. The van der Waals surface area contributed by atoms with Crippen LogP contribution in [0.1, 0.15) is 43.2 Å². The summed E-state index contributed by atoms with van der Waals surface area (Å²) in [7, 11) is 1.73. The Bertz CT molecular complexity index is 1220. The molecule has 0 bridgehead atoms. The Morgan fingerprint density at radius 3 is 2.76 bits per heavy atom. The number of likely N-dealkylation sites (tertiary alicyclic amines) is 1. The van der Waals surface area contributed by atoms with Crippen LogP contribution in [0.2, 0.25) is 0 Å². The van der Waals surface area contributed by atoms with E-state index in [1.54, 1.807) is 18.9 Å². The number of hydrogen-bond acceptors (Lipinski definition) is 5. The first-order valence-corrected chi connectivity index (χ1v) is 13.5. The molecule has 7 heteroatoms. The number of aromatic nitrogens is 2. The molecule has 3 heterocycles. The minimum atomic E-state index is 0.229. The van der Waals surface area contributed by atoms with Crippen molar-refractivity contribution in [1.82, 2.24) is 14.5 Å². The second-order valence-corrected chi connectivity index (χ2v) is 10.5. The number of fused-ring (bicyclic) bond motifs is 1. The fourth-order valence-corrected chi connectivity index (χ4v) is 5.77. The monoisotopic (exact) mass is 478 g/mol. The number of anilines is 1. The van der Waals surface area contributed by atoms with E-state index in [1.807, 2.05) is 9.42 Å². The SMILES string of the molecule is COc1cc(C)cc(C)c1-c1cccc2c(NC(CC3CC3)CN3CCCC3=O)c(SC)nn12. The summed E-state index contributed by atoms with van der Waals surface area (Å²) in [4.78, 5) is 14.4. The molecular formula is C27H34N4O2S. The van der Waals surface area contributed by atoms with Crippen molar-refractivity contribution < 1.29 is 9.53 Å². The van der Waals surface area contributed by atoms with Crippen LogP contribution < -0.4 is 10.1 Å². The molecular weight excluding hydrogens is 444 g/mol. The smallest absolute Gasteiger partial charge is 0.222 e. The van der Waals surface area contributed by atoms with Gasteiger partial charge in [0.1, 0.15) is 10.8 Å². The van der Waals surface area contributed by atoms with Gasteiger partial charge >= 0.3 is 0 Å². The molecule has 5 rings (SSSR count). The average molecular weight is 479 g/mol. The van der Waals surface area contributed by atoms with E-state index in [-0.39, 0.29) is 11.9 Å². The van der Waals surface area contributed by atoms with Crippen molar-refractivity contribution in [3.05, 3.63) is 41.5 Å². The maximum Gasteiger partial charge on any atom is 0.222 e. The first-order chi connectivity index (χ1) is 16.5. The number of carbonyl (C=O) groups is 1. The van der Waals surface area contributed by atoms with Gasteiger partial charge in [-0.25, -0.2) is 4.52 Å². The van der Waals surface area contributed by atoms with Crippen molar-refractivity contribution in [2.75, 3.05) is 31.8 Å². The van der Waals surface area contributed by atoms with E-state index in [0.29, 0.717) is 6.42 Å². The molecule has 1 saturated heterocycles. The number of thioether (sulfide) groups is 1. The average Bonchev–Trinajstić information content (AvgIpc) is 3.43. The van der Waals surface area contributed by atoms with Crippen molar-refractivity contribution >= 4 is 28.9 Å². The molecule has 1 N–H and O–H groups in total. The van der Waals surface area contributed by atoms with Crippen molar-refractivity contribution in [1.29, 1.82) is 0 Å². The van der Waals surface area contributed by atoms with Crippen LogP contribution in [0.5, 0.6) is 5.75 Å². The van der Waals surface area contributed by atoms with E-state index in [1.165, 1.54) is 24.0 Å². The first-order valence-electron chi connectivity index (χ1n) is 12.2. The zero-order valence-electron chi connectivity index (χ0n) is 20.6. The second kappa shape index (κ2) is 9.53. The molecule has 1 aliphatic heterocycles. The highest BCUT2D eigenvalue weighted by atomic mass is 32.2. The Morgan fingerprint density at radius 2 is 2.09 bits per heavy atom. The van der Waals surface area contributed by atoms with E-state index >= 15 is 0 Å². The summed E-state index contributed by atoms with van der Waals surface area (Å²) >= 11 is 1.66. The minimum absolute atomic E-state index is 0.229. The lowest BCUT2D eigenvalue weighted by molar-refractivity contribution is -0.127. The summed E-state index contributed by atoms with van der Waals surface area (Å²) in [5, 5.41) is 9.84. The summed E-state index contributed by atoms with van der Waals surface area (Å²) < 4.78 is 7.82. The highest BCUT2D eigenvalue weighted by Crippen LogP contribution is 2.39. The molecule has 2 aliphatic rings. The van der Waals surface area contributed by atoms with Crippen LogP contribution in [-0.2, 0) is 4.79 Å². The predicted molar refractivity (Wildman–Crippen MR) is 139 cm³/mol.